The highest BCUT2D eigenvalue weighted by atomic mass is 35.5. The Morgan fingerprint density at radius 2 is 1.96 bits per heavy atom. The number of benzene rings is 2. The minimum Gasteiger partial charge on any atom is -0.371 e. The molecular weight excluding hydrogens is 360 g/mol. The molecule has 1 amide bonds. The maximum absolute atomic E-state index is 12.5. The van der Waals surface area contributed by atoms with Gasteiger partial charge in [-0.3, -0.25) is 4.79 Å². The fourth-order valence-electron chi connectivity index (χ4n) is 3.34. The van der Waals surface area contributed by atoms with Crippen molar-refractivity contribution in [1.29, 1.82) is 0 Å². The van der Waals surface area contributed by atoms with Gasteiger partial charge in [0.15, 0.2) is 0 Å². The summed E-state index contributed by atoms with van der Waals surface area (Å²) in [6, 6.07) is 15.4. The monoisotopic (exact) mass is 380 g/mol. The van der Waals surface area contributed by atoms with Crippen LogP contribution in [-0.4, -0.2) is 28.8 Å². The molecule has 4 rings (SSSR count). The lowest BCUT2D eigenvalue weighted by Crippen LogP contribution is -2.19. The summed E-state index contributed by atoms with van der Waals surface area (Å²) < 4.78 is 1.61. The Bertz CT molecular complexity index is 951. The first kappa shape index (κ1) is 17.6. The standard InChI is InChI=1S/C21H21ClN4O/c1-15-10-11-25(13-15)18-8-6-17(7-9-18)24-21(27)16-12-23-26(14-16)20-5-3-2-4-19(20)22/h2-9,12,14-15H,10-11,13H2,1H3,(H,24,27). The van der Waals surface area contributed by atoms with Crippen molar-refractivity contribution in [3.05, 3.63) is 71.5 Å². The number of amides is 1. The van der Waals surface area contributed by atoms with Gasteiger partial charge in [-0.15, -0.1) is 0 Å². The van der Waals surface area contributed by atoms with Crippen LogP contribution in [0.5, 0.6) is 0 Å². The van der Waals surface area contributed by atoms with Crippen LogP contribution in [0.4, 0.5) is 11.4 Å². The van der Waals surface area contributed by atoms with Gasteiger partial charge in [-0.2, -0.15) is 5.10 Å². The molecule has 2 heterocycles. The second-order valence-corrected chi connectivity index (χ2v) is 7.37. The maximum Gasteiger partial charge on any atom is 0.258 e. The third-order valence-corrected chi connectivity index (χ3v) is 5.18. The minimum absolute atomic E-state index is 0.198. The van der Waals surface area contributed by atoms with Gasteiger partial charge in [0, 0.05) is 30.7 Å². The first-order valence-electron chi connectivity index (χ1n) is 9.06. The molecule has 1 unspecified atom stereocenters. The molecule has 3 aromatic rings. The number of carbonyl (C=O) groups is 1. The fourth-order valence-corrected chi connectivity index (χ4v) is 3.56. The highest BCUT2D eigenvalue weighted by Crippen LogP contribution is 2.25. The van der Waals surface area contributed by atoms with Gasteiger partial charge in [0.2, 0.25) is 0 Å². The first-order valence-corrected chi connectivity index (χ1v) is 9.44. The van der Waals surface area contributed by atoms with Crippen LogP contribution in [0.1, 0.15) is 23.7 Å². The van der Waals surface area contributed by atoms with E-state index in [1.165, 1.54) is 12.1 Å². The topological polar surface area (TPSA) is 50.2 Å². The molecule has 6 heteroatoms. The predicted octanol–water partition coefficient (Wildman–Crippen LogP) is 4.62. The Balaban J connectivity index is 1.44. The van der Waals surface area contributed by atoms with Crippen LogP contribution in [0, 0.1) is 5.92 Å². The van der Waals surface area contributed by atoms with Crippen molar-refractivity contribution in [3.63, 3.8) is 0 Å². The molecule has 27 heavy (non-hydrogen) atoms. The molecule has 0 bridgehead atoms. The van der Waals surface area contributed by atoms with Crippen molar-refractivity contribution in [2.75, 3.05) is 23.3 Å². The van der Waals surface area contributed by atoms with E-state index in [4.69, 9.17) is 11.6 Å². The number of halogens is 1. The number of hydrogen-bond donors (Lipinski definition) is 1. The maximum atomic E-state index is 12.5. The highest BCUT2D eigenvalue weighted by molar-refractivity contribution is 6.32. The van der Waals surface area contributed by atoms with Crippen molar-refractivity contribution < 1.29 is 4.79 Å². The third-order valence-electron chi connectivity index (χ3n) is 4.86. The van der Waals surface area contributed by atoms with E-state index in [9.17, 15) is 4.79 Å². The summed E-state index contributed by atoms with van der Waals surface area (Å²) in [5, 5.41) is 7.75. The minimum atomic E-state index is -0.198. The quantitative estimate of drug-likeness (QED) is 0.718. The van der Waals surface area contributed by atoms with E-state index >= 15 is 0 Å². The summed E-state index contributed by atoms with van der Waals surface area (Å²) in [5.74, 6) is 0.537. The summed E-state index contributed by atoms with van der Waals surface area (Å²) in [4.78, 5) is 14.9. The van der Waals surface area contributed by atoms with E-state index in [-0.39, 0.29) is 5.91 Å². The van der Waals surface area contributed by atoms with Crippen LogP contribution in [0.15, 0.2) is 60.9 Å². The lowest BCUT2D eigenvalue weighted by molar-refractivity contribution is 0.102. The molecule has 0 radical (unpaired) electrons. The molecular formula is C21H21ClN4O. The lowest BCUT2D eigenvalue weighted by atomic mass is 10.2. The number of nitrogens with one attached hydrogen (secondary N) is 1. The molecule has 1 aliphatic heterocycles. The smallest absolute Gasteiger partial charge is 0.258 e. The molecule has 0 spiro atoms. The van der Waals surface area contributed by atoms with E-state index < -0.39 is 0 Å². The summed E-state index contributed by atoms with van der Waals surface area (Å²) in [6.45, 7) is 4.46. The van der Waals surface area contributed by atoms with Gasteiger partial charge in [0.1, 0.15) is 0 Å². The number of rotatable bonds is 4. The Morgan fingerprint density at radius 3 is 2.67 bits per heavy atom. The van der Waals surface area contributed by atoms with Gasteiger partial charge in [-0.05, 0) is 48.7 Å². The third kappa shape index (κ3) is 3.83. The van der Waals surface area contributed by atoms with Crippen molar-refractivity contribution in [2.24, 2.45) is 5.92 Å². The largest absolute Gasteiger partial charge is 0.371 e. The van der Waals surface area contributed by atoms with Gasteiger partial charge in [-0.1, -0.05) is 30.7 Å². The van der Waals surface area contributed by atoms with E-state index in [0.29, 0.717) is 10.6 Å². The summed E-state index contributed by atoms with van der Waals surface area (Å²) in [7, 11) is 0. The molecule has 5 nitrogen and oxygen atoms in total. The van der Waals surface area contributed by atoms with E-state index in [1.807, 2.05) is 30.3 Å². The van der Waals surface area contributed by atoms with Crippen LogP contribution >= 0.6 is 11.6 Å². The summed E-state index contributed by atoms with van der Waals surface area (Å²) in [6.07, 6.45) is 4.45. The van der Waals surface area contributed by atoms with Gasteiger partial charge in [-0.25, -0.2) is 4.68 Å². The molecule has 1 atom stereocenters. The Hall–Kier alpha value is -2.79. The van der Waals surface area contributed by atoms with Gasteiger partial charge < -0.3 is 10.2 Å². The number of anilines is 2. The zero-order valence-electron chi connectivity index (χ0n) is 15.1. The average molecular weight is 381 g/mol. The van der Waals surface area contributed by atoms with Gasteiger partial charge in [0.25, 0.3) is 5.91 Å². The highest BCUT2D eigenvalue weighted by Gasteiger charge is 2.18. The zero-order chi connectivity index (χ0) is 18.8. The number of aromatic nitrogens is 2. The van der Waals surface area contributed by atoms with E-state index in [2.05, 4.69) is 34.4 Å². The molecule has 0 saturated carbocycles. The Morgan fingerprint density at radius 1 is 1.19 bits per heavy atom. The average Bonchev–Trinajstić information content (AvgIpc) is 3.32. The SMILES string of the molecule is CC1CCN(c2ccc(NC(=O)c3cnn(-c4ccccc4Cl)c3)cc2)C1. The first-order chi connectivity index (χ1) is 13.1. The van der Waals surface area contributed by atoms with Crippen LogP contribution in [0.2, 0.25) is 5.02 Å². The molecule has 2 aromatic carbocycles. The fraction of sp³-hybridized carbons (Fsp3) is 0.238. The zero-order valence-corrected chi connectivity index (χ0v) is 15.9. The van der Waals surface area contributed by atoms with Crippen molar-refractivity contribution in [3.8, 4) is 5.69 Å². The second-order valence-electron chi connectivity index (χ2n) is 6.97. The molecule has 1 saturated heterocycles. The van der Waals surface area contributed by atoms with E-state index in [0.717, 1.165) is 30.4 Å². The van der Waals surface area contributed by atoms with Crippen LogP contribution in [0.3, 0.4) is 0 Å². The van der Waals surface area contributed by atoms with Crippen LogP contribution < -0.4 is 10.2 Å². The van der Waals surface area contributed by atoms with E-state index in [1.54, 1.807) is 23.1 Å². The number of para-hydroxylation sites is 1. The second kappa shape index (κ2) is 7.45. The predicted molar refractivity (Wildman–Crippen MR) is 109 cm³/mol. The van der Waals surface area contributed by atoms with Crippen LogP contribution in [0.25, 0.3) is 5.69 Å². The normalized spacial score (nSPS) is 16.5. The summed E-state index contributed by atoms with van der Waals surface area (Å²) >= 11 is 6.19. The van der Waals surface area contributed by atoms with Crippen LogP contribution in [-0.2, 0) is 0 Å². The van der Waals surface area contributed by atoms with Crippen molar-refractivity contribution in [1.82, 2.24) is 9.78 Å². The molecule has 1 N–H and O–H groups in total. The molecule has 1 fully saturated rings. The summed E-state index contributed by atoms with van der Waals surface area (Å²) in [5.41, 5.74) is 3.18. The Kier molecular flexibility index (Phi) is 4.86. The van der Waals surface area contributed by atoms with Crippen molar-refractivity contribution in [2.45, 2.75) is 13.3 Å². The molecule has 0 aliphatic carbocycles. The number of carbonyl (C=O) groups excluding carboxylic acids is 1. The molecule has 1 aliphatic rings. The lowest BCUT2D eigenvalue weighted by Gasteiger charge is -2.18. The number of nitrogens with zero attached hydrogens (tertiary/aromatic N) is 3. The number of hydrogen-bond acceptors (Lipinski definition) is 3. The molecule has 1 aromatic heterocycles. The molecule has 138 valence electrons. The van der Waals surface area contributed by atoms with Crippen molar-refractivity contribution >= 4 is 28.9 Å². The van der Waals surface area contributed by atoms with Gasteiger partial charge in [0.05, 0.1) is 22.5 Å². The van der Waals surface area contributed by atoms with Gasteiger partial charge >= 0.3 is 0 Å². The Labute approximate surface area is 163 Å².